The molecule has 1 heterocycles. The molecule has 0 bridgehead atoms. The summed E-state index contributed by atoms with van der Waals surface area (Å²) in [6.45, 7) is 6.83. The van der Waals surface area contributed by atoms with Crippen molar-refractivity contribution in [1.29, 1.82) is 0 Å². The largest absolute Gasteiger partial charge is 0.330 e. The molecule has 3 aromatic carbocycles. The van der Waals surface area contributed by atoms with E-state index in [1.165, 1.54) is 18.2 Å². The molecule has 194 valence electrons. The van der Waals surface area contributed by atoms with Gasteiger partial charge in [-0.05, 0) is 73.3 Å². The van der Waals surface area contributed by atoms with Crippen LogP contribution in [0.3, 0.4) is 0 Å². The topological polar surface area (TPSA) is 64.2 Å². The van der Waals surface area contributed by atoms with Gasteiger partial charge in [0.2, 0.25) is 0 Å². The Balaban J connectivity index is 1.88. The molecule has 1 amide bonds. The number of rotatable bonds is 9. The number of aryl methyl sites for hydroxylation is 1. The van der Waals surface area contributed by atoms with E-state index < -0.39 is 23.6 Å². The van der Waals surface area contributed by atoms with Gasteiger partial charge in [0.1, 0.15) is 23.3 Å². The van der Waals surface area contributed by atoms with Crippen molar-refractivity contribution in [3.8, 4) is 0 Å². The normalized spacial score (nSPS) is 12.3. The maximum atomic E-state index is 14.7. The molecule has 0 fully saturated rings. The highest BCUT2D eigenvalue weighted by Crippen LogP contribution is 2.33. The van der Waals surface area contributed by atoms with Crippen LogP contribution < -0.4 is 5.73 Å². The Bertz CT molecular complexity index is 1420. The van der Waals surface area contributed by atoms with Crippen LogP contribution in [0.2, 0.25) is 0 Å². The van der Waals surface area contributed by atoms with E-state index in [2.05, 4.69) is 0 Å². The van der Waals surface area contributed by atoms with Gasteiger partial charge in [0.15, 0.2) is 0 Å². The zero-order chi connectivity index (χ0) is 26.7. The second-order valence-electron chi connectivity index (χ2n) is 9.63. The van der Waals surface area contributed by atoms with Crippen LogP contribution in [-0.2, 0) is 6.54 Å². The fourth-order valence-electron chi connectivity index (χ4n) is 4.71. The second kappa shape index (κ2) is 11.2. The van der Waals surface area contributed by atoms with Gasteiger partial charge in [0, 0.05) is 19.2 Å². The zero-order valence-electron chi connectivity index (χ0n) is 21.2. The molecule has 2 N–H and O–H groups in total. The number of nitrogens with two attached hydrogens (primary N) is 1. The van der Waals surface area contributed by atoms with Crippen molar-refractivity contribution in [2.75, 3.05) is 13.1 Å². The van der Waals surface area contributed by atoms with Crippen LogP contribution in [0.5, 0.6) is 0 Å². The van der Waals surface area contributed by atoms with E-state index in [1.807, 2.05) is 49.6 Å². The van der Waals surface area contributed by atoms with Crippen molar-refractivity contribution in [2.45, 2.75) is 39.8 Å². The van der Waals surface area contributed by atoms with E-state index in [9.17, 15) is 18.0 Å². The second-order valence-corrected chi connectivity index (χ2v) is 9.63. The minimum atomic E-state index is -0.922. The molecular weight excluding hydrogens is 477 g/mol. The van der Waals surface area contributed by atoms with Crippen LogP contribution >= 0.6 is 0 Å². The summed E-state index contributed by atoms with van der Waals surface area (Å²) < 4.78 is 44.3. The van der Waals surface area contributed by atoms with Gasteiger partial charge in [-0.1, -0.05) is 32.0 Å². The molecule has 0 aliphatic rings. The van der Waals surface area contributed by atoms with Gasteiger partial charge in [-0.15, -0.1) is 0 Å². The summed E-state index contributed by atoms with van der Waals surface area (Å²) in [4.78, 5) is 20.2. The van der Waals surface area contributed by atoms with E-state index in [4.69, 9.17) is 10.7 Å². The number of benzene rings is 3. The number of imidazole rings is 1. The summed E-state index contributed by atoms with van der Waals surface area (Å²) in [7, 11) is 0. The molecule has 1 aromatic heterocycles. The maximum Gasteiger partial charge on any atom is 0.257 e. The summed E-state index contributed by atoms with van der Waals surface area (Å²) in [6, 6.07) is 14.7. The minimum Gasteiger partial charge on any atom is -0.330 e. The van der Waals surface area contributed by atoms with Gasteiger partial charge in [-0.2, -0.15) is 0 Å². The highest BCUT2D eigenvalue weighted by atomic mass is 19.1. The van der Waals surface area contributed by atoms with Gasteiger partial charge < -0.3 is 15.2 Å². The average Bonchev–Trinajstić information content (AvgIpc) is 3.17. The maximum absolute atomic E-state index is 14.7. The average molecular weight is 509 g/mol. The van der Waals surface area contributed by atoms with Gasteiger partial charge in [-0.3, -0.25) is 4.79 Å². The SMILES string of the molecule is Cc1ccc2c(c1)nc(C(C(C)C)N(CCCN)C(=O)c1ccc(F)cc1F)n2Cc1cccc(F)c1. The zero-order valence-corrected chi connectivity index (χ0v) is 21.2. The lowest BCUT2D eigenvalue weighted by atomic mass is 9.99. The molecule has 0 radical (unpaired) electrons. The van der Waals surface area contributed by atoms with Crippen LogP contribution in [0, 0.1) is 30.3 Å². The Morgan fingerprint density at radius 1 is 1.03 bits per heavy atom. The monoisotopic (exact) mass is 508 g/mol. The van der Waals surface area contributed by atoms with Crippen LogP contribution in [0.1, 0.15) is 53.6 Å². The number of carbonyl (C=O) groups excluding carboxylic acids is 1. The third-order valence-electron chi connectivity index (χ3n) is 6.42. The molecule has 0 aliphatic carbocycles. The Kier molecular flexibility index (Phi) is 7.97. The number of amides is 1. The summed E-state index contributed by atoms with van der Waals surface area (Å²) in [5.74, 6) is -2.09. The van der Waals surface area contributed by atoms with Crippen LogP contribution in [0.4, 0.5) is 13.2 Å². The first-order chi connectivity index (χ1) is 17.7. The number of fused-ring (bicyclic) bond motifs is 1. The minimum absolute atomic E-state index is 0.116. The standard InChI is InChI=1S/C29H31F3N4O/c1-18(2)27(35(13-5-12-33)29(37)23-10-9-22(31)16-24(23)32)28-34-25-14-19(3)8-11-26(25)36(28)17-20-6-4-7-21(30)15-20/h4,6-11,14-16,18,27H,5,12-13,17,33H2,1-3H3. The highest BCUT2D eigenvalue weighted by molar-refractivity contribution is 5.95. The molecule has 1 atom stereocenters. The Morgan fingerprint density at radius 2 is 1.78 bits per heavy atom. The predicted octanol–water partition coefficient (Wildman–Crippen LogP) is 6.00. The third kappa shape index (κ3) is 5.69. The predicted molar refractivity (Wildman–Crippen MR) is 139 cm³/mol. The van der Waals surface area contributed by atoms with Crippen LogP contribution in [0.25, 0.3) is 11.0 Å². The van der Waals surface area contributed by atoms with E-state index in [0.717, 1.165) is 28.2 Å². The molecule has 5 nitrogen and oxygen atoms in total. The van der Waals surface area contributed by atoms with Crippen LogP contribution in [-0.4, -0.2) is 33.4 Å². The van der Waals surface area contributed by atoms with E-state index >= 15 is 0 Å². The highest BCUT2D eigenvalue weighted by Gasteiger charge is 2.33. The fraction of sp³-hybridized carbons (Fsp3) is 0.310. The number of hydrogen-bond donors (Lipinski definition) is 1. The summed E-state index contributed by atoms with van der Waals surface area (Å²) >= 11 is 0. The lowest BCUT2D eigenvalue weighted by Crippen LogP contribution is -2.40. The van der Waals surface area contributed by atoms with Crippen molar-refractivity contribution in [2.24, 2.45) is 11.7 Å². The Morgan fingerprint density at radius 3 is 2.46 bits per heavy atom. The van der Waals surface area contributed by atoms with Crippen molar-refractivity contribution < 1.29 is 18.0 Å². The van der Waals surface area contributed by atoms with Crippen LogP contribution in [0.15, 0.2) is 60.7 Å². The van der Waals surface area contributed by atoms with Crippen molar-refractivity contribution in [1.82, 2.24) is 14.5 Å². The van der Waals surface area contributed by atoms with E-state index in [1.54, 1.807) is 11.0 Å². The molecule has 4 rings (SSSR count). The lowest BCUT2D eigenvalue weighted by Gasteiger charge is -2.34. The Labute approximate surface area is 214 Å². The molecule has 1 unspecified atom stereocenters. The lowest BCUT2D eigenvalue weighted by molar-refractivity contribution is 0.0600. The molecule has 0 saturated heterocycles. The quantitative estimate of drug-likeness (QED) is 0.302. The first-order valence-electron chi connectivity index (χ1n) is 12.4. The fourth-order valence-corrected chi connectivity index (χ4v) is 4.71. The number of halogens is 3. The van der Waals surface area contributed by atoms with Gasteiger partial charge in [-0.25, -0.2) is 18.2 Å². The summed E-state index contributed by atoms with van der Waals surface area (Å²) in [5, 5.41) is 0. The van der Waals surface area contributed by atoms with Gasteiger partial charge in [0.25, 0.3) is 5.91 Å². The Hall–Kier alpha value is -3.65. The van der Waals surface area contributed by atoms with Gasteiger partial charge >= 0.3 is 0 Å². The molecule has 0 saturated carbocycles. The third-order valence-corrected chi connectivity index (χ3v) is 6.42. The number of carbonyl (C=O) groups is 1. The molecular formula is C29H31F3N4O. The van der Waals surface area contributed by atoms with Crippen molar-refractivity contribution in [3.05, 3.63) is 101 Å². The molecule has 8 heteroatoms. The molecule has 0 aliphatic heterocycles. The first-order valence-corrected chi connectivity index (χ1v) is 12.4. The molecule has 4 aromatic rings. The van der Waals surface area contributed by atoms with E-state index in [0.29, 0.717) is 31.4 Å². The molecule has 0 spiro atoms. The number of nitrogens with zero attached hydrogens (tertiary/aromatic N) is 3. The summed E-state index contributed by atoms with van der Waals surface area (Å²) in [6.07, 6.45) is 0.487. The molecule has 37 heavy (non-hydrogen) atoms. The van der Waals surface area contributed by atoms with Crippen molar-refractivity contribution in [3.63, 3.8) is 0 Å². The summed E-state index contributed by atoms with van der Waals surface area (Å²) in [5.41, 5.74) is 8.93. The number of aromatic nitrogens is 2. The number of hydrogen-bond acceptors (Lipinski definition) is 3. The van der Waals surface area contributed by atoms with E-state index in [-0.39, 0.29) is 23.8 Å². The smallest absolute Gasteiger partial charge is 0.257 e. The first kappa shape index (κ1) is 26.4. The van der Waals surface area contributed by atoms with Crippen molar-refractivity contribution >= 4 is 16.9 Å². The van der Waals surface area contributed by atoms with Gasteiger partial charge in [0.05, 0.1) is 22.6 Å².